The highest BCUT2D eigenvalue weighted by atomic mass is 35.5. The third kappa shape index (κ3) is 5.04. The maximum Gasteiger partial charge on any atom is 0.246 e. The number of amides is 1. The van der Waals surface area contributed by atoms with Gasteiger partial charge >= 0.3 is 0 Å². The number of benzene rings is 3. The van der Waals surface area contributed by atoms with Gasteiger partial charge in [-0.15, -0.1) is 12.4 Å². The predicted octanol–water partition coefficient (Wildman–Crippen LogP) is 4.56. The van der Waals surface area contributed by atoms with Gasteiger partial charge in [-0.25, -0.2) is 4.98 Å². The number of aromatic amines is 1. The number of hydrogen-bond donors (Lipinski definition) is 3. The van der Waals surface area contributed by atoms with E-state index in [0.717, 1.165) is 16.8 Å². The van der Waals surface area contributed by atoms with Crippen molar-refractivity contribution in [2.45, 2.75) is 18.9 Å². The van der Waals surface area contributed by atoms with Crippen LogP contribution in [0, 0.1) is 0 Å². The molecule has 35 heavy (non-hydrogen) atoms. The van der Waals surface area contributed by atoms with Gasteiger partial charge in [0.2, 0.25) is 5.91 Å². The first-order valence-corrected chi connectivity index (χ1v) is 11.2. The first-order chi connectivity index (χ1) is 16.5. The minimum Gasteiger partial charge on any atom is -0.384 e. The number of rotatable bonds is 6. The quantitative estimate of drug-likeness (QED) is 0.353. The van der Waals surface area contributed by atoms with E-state index in [1.807, 2.05) is 48.5 Å². The number of nitrogens with zero attached hydrogens (tertiary/aromatic N) is 3. The van der Waals surface area contributed by atoms with Gasteiger partial charge in [0.05, 0.1) is 24.8 Å². The Morgan fingerprint density at radius 1 is 1.06 bits per heavy atom. The maximum atomic E-state index is 13.6. The fraction of sp³-hybridized carbons (Fsp3) is 0.154. The van der Waals surface area contributed by atoms with Gasteiger partial charge in [-0.1, -0.05) is 54.1 Å². The summed E-state index contributed by atoms with van der Waals surface area (Å²) in [6.07, 6.45) is 1.09. The Bertz CT molecular complexity index is 1300. The third-order valence-electron chi connectivity index (χ3n) is 5.99. The molecular formula is C26H24Cl2N4O3. The summed E-state index contributed by atoms with van der Waals surface area (Å²) in [5, 5.41) is 21.7. The molecule has 2 atom stereocenters. The molecule has 4 aromatic rings. The van der Waals surface area contributed by atoms with Crippen LogP contribution in [0.2, 0.25) is 5.02 Å². The summed E-state index contributed by atoms with van der Waals surface area (Å²) in [6, 6.07) is 22.1. The molecule has 3 aromatic carbocycles. The number of halogens is 2. The zero-order chi connectivity index (χ0) is 23.7. The summed E-state index contributed by atoms with van der Waals surface area (Å²) in [7, 11) is 0. The zero-order valence-corrected chi connectivity index (χ0v) is 20.2. The minimum atomic E-state index is -1.20. The van der Waals surface area contributed by atoms with E-state index in [4.69, 9.17) is 11.6 Å². The highest BCUT2D eigenvalue weighted by Gasteiger charge is 2.37. The lowest BCUT2D eigenvalue weighted by molar-refractivity contribution is -0.118. The number of hydrogen-bond acceptors (Lipinski definition) is 5. The molecule has 1 aliphatic heterocycles. The second kappa shape index (κ2) is 10.5. The Balaban J connectivity index is 0.00000289. The Hall–Kier alpha value is -3.36. The molecule has 1 aliphatic rings. The molecule has 9 heteroatoms. The molecule has 5 rings (SSSR count). The molecule has 0 bridgehead atoms. The number of nitrogens with one attached hydrogen (secondary N) is 1. The van der Waals surface area contributed by atoms with Crippen LogP contribution in [-0.4, -0.2) is 38.9 Å². The van der Waals surface area contributed by atoms with Crippen molar-refractivity contribution in [3.8, 4) is 11.3 Å². The van der Waals surface area contributed by atoms with Gasteiger partial charge in [0.25, 0.3) is 0 Å². The zero-order valence-electron chi connectivity index (χ0n) is 18.6. The van der Waals surface area contributed by atoms with Gasteiger partial charge in [0.1, 0.15) is 12.6 Å². The molecule has 0 fully saturated rings. The number of carbonyl (C=O) groups excluding carboxylic acids is 1. The van der Waals surface area contributed by atoms with Crippen LogP contribution in [0.4, 0.5) is 11.4 Å². The van der Waals surface area contributed by atoms with E-state index in [0.29, 0.717) is 28.5 Å². The van der Waals surface area contributed by atoms with Crippen LogP contribution in [0.25, 0.3) is 11.3 Å². The Kier molecular flexibility index (Phi) is 7.42. The van der Waals surface area contributed by atoms with Crippen LogP contribution in [-0.2, 0) is 11.3 Å². The molecule has 0 radical (unpaired) electrons. The first kappa shape index (κ1) is 24.8. The molecule has 7 nitrogen and oxygen atoms in total. The first-order valence-electron chi connectivity index (χ1n) is 10.9. The highest BCUT2D eigenvalue weighted by Crippen LogP contribution is 2.38. The van der Waals surface area contributed by atoms with Crippen LogP contribution in [0.15, 0.2) is 85.3 Å². The maximum absolute atomic E-state index is 13.6. The second-order valence-electron chi connectivity index (χ2n) is 8.17. The summed E-state index contributed by atoms with van der Waals surface area (Å²) >= 11 is 6.18. The molecule has 1 aromatic heterocycles. The average Bonchev–Trinajstić information content (AvgIpc) is 3.47. The van der Waals surface area contributed by atoms with Crippen LogP contribution >= 0.6 is 24.0 Å². The summed E-state index contributed by atoms with van der Waals surface area (Å²) in [4.78, 5) is 23.9. The topological polar surface area (TPSA) is 92.7 Å². The molecular weight excluding hydrogens is 487 g/mol. The van der Waals surface area contributed by atoms with Crippen molar-refractivity contribution >= 4 is 41.3 Å². The van der Waals surface area contributed by atoms with Crippen molar-refractivity contribution in [1.82, 2.24) is 9.97 Å². The molecule has 2 unspecified atom stereocenters. The molecule has 0 saturated carbocycles. The molecule has 1 amide bonds. The molecule has 0 saturated heterocycles. The van der Waals surface area contributed by atoms with Crippen molar-refractivity contribution in [2.24, 2.45) is 0 Å². The Labute approximate surface area is 214 Å². The summed E-state index contributed by atoms with van der Waals surface area (Å²) in [6.45, 7) is 0.203. The van der Waals surface area contributed by atoms with Gasteiger partial charge < -0.3 is 25.0 Å². The number of aliphatic hydroxyl groups is 2. The van der Waals surface area contributed by atoms with E-state index in [-0.39, 0.29) is 24.9 Å². The number of carbonyl (C=O) groups is 1. The van der Waals surface area contributed by atoms with Gasteiger partial charge in [0.15, 0.2) is 6.23 Å². The van der Waals surface area contributed by atoms with Crippen molar-refractivity contribution in [3.63, 3.8) is 0 Å². The van der Waals surface area contributed by atoms with E-state index in [9.17, 15) is 15.0 Å². The standard InChI is InChI=1S/C26H23ClN4O3.ClH/c27-19-5-3-4-17(12-19)14-30(20-10-8-18(9-11-20)22-13-28-16-29-22)24(32)15-31-23-7-2-1-6-21(23)25(33)26(31)34;/h1-13,16,25-26,33-34H,14-15H2,(H,28,29);1H. The summed E-state index contributed by atoms with van der Waals surface area (Å²) in [5.74, 6) is -0.225. The number of fused-ring (bicyclic) bond motifs is 1. The van der Waals surface area contributed by atoms with Gasteiger partial charge in [-0.3, -0.25) is 4.79 Å². The third-order valence-corrected chi connectivity index (χ3v) is 6.23. The molecule has 2 heterocycles. The smallest absolute Gasteiger partial charge is 0.246 e. The van der Waals surface area contributed by atoms with E-state index in [1.165, 1.54) is 4.90 Å². The lowest BCUT2D eigenvalue weighted by Crippen LogP contribution is -2.44. The van der Waals surface area contributed by atoms with Crippen LogP contribution in [0.3, 0.4) is 0 Å². The summed E-state index contributed by atoms with van der Waals surface area (Å²) in [5.41, 5.74) is 4.66. The highest BCUT2D eigenvalue weighted by molar-refractivity contribution is 6.30. The number of para-hydroxylation sites is 1. The fourth-order valence-corrected chi connectivity index (χ4v) is 4.47. The van der Waals surface area contributed by atoms with Crippen LogP contribution in [0.5, 0.6) is 0 Å². The monoisotopic (exact) mass is 510 g/mol. The van der Waals surface area contributed by atoms with E-state index >= 15 is 0 Å². The van der Waals surface area contributed by atoms with E-state index < -0.39 is 12.3 Å². The number of anilines is 2. The average molecular weight is 511 g/mol. The Morgan fingerprint density at radius 3 is 2.54 bits per heavy atom. The van der Waals surface area contributed by atoms with E-state index in [1.54, 1.807) is 41.7 Å². The number of H-pyrrole nitrogens is 1. The minimum absolute atomic E-state index is 0. The second-order valence-corrected chi connectivity index (χ2v) is 8.60. The lowest BCUT2D eigenvalue weighted by Gasteiger charge is -2.29. The fourth-order valence-electron chi connectivity index (χ4n) is 4.26. The Morgan fingerprint density at radius 2 is 1.83 bits per heavy atom. The molecule has 3 N–H and O–H groups in total. The number of imidazole rings is 1. The molecule has 180 valence electrons. The van der Waals surface area contributed by atoms with Gasteiger partial charge in [-0.2, -0.15) is 0 Å². The van der Waals surface area contributed by atoms with Crippen LogP contribution in [0.1, 0.15) is 17.2 Å². The van der Waals surface area contributed by atoms with Gasteiger partial charge in [0, 0.05) is 22.0 Å². The normalized spacial score (nSPS) is 16.5. The molecule has 0 aliphatic carbocycles. The van der Waals surface area contributed by atoms with Crippen molar-refractivity contribution in [3.05, 3.63) is 101 Å². The SMILES string of the molecule is Cl.O=C(CN1c2ccccc2C(O)C1O)N(Cc1cccc(Cl)c1)c1ccc(-c2cnc[nH]2)cc1. The lowest BCUT2D eigenvalue weighted by atomic mass is 10.1. The predicted molar refractivity (Wildman–Crippen MR) is 139 cm³/mol. The van der Waals surface area contributed by atoms with Crippen molar-refractivity contribution < 1.29 is 15.0 Å². The number of aromatic nitrogens is 2. The summed E-state index contributed by atoms with van der Waals surface area (Å²) < 4.78 is 0. The largest absolute Gasteiger partial charge is 0.384 e. The van der Waals surface area contributed by atoms with Crippen molar-refractivity contribution in [2.75, 3.05) is 16.3 Å². The van der Waals surface area contributed by atoms with Crippen molar-refractivity contribution in [1.29, 1.82) is 0 Å². The van der Waals surface area contributed by atoms with Crippen LogP contribution < -0.4 is 9.80 Å². The van der Waals surface area contributed by atoms with Gasteiger partial charge in [-0.05, 0) is 41.5 Å². The van der Waals surface area contributed by atoms with E-state index in [2.05, 4.69) is 9.97 Å². The number of aliphatic hydroxyl groups excluding tert-OH is 2. The molecule has 0 spiro atoms.